The highest BCUT2D eigenvalue weighted by Crippen LogP contribution is 2.50. The molecule has 0 bridgehead atoms. The molecule has 1 N–H and O–H groups in total. The van der Waals surface area contributed by atoms with Crippen molar-refractivity contribution < 1.29 is 13.0 Å². The fourth-order valence-electron chi connectivity index (χ4n) is 3.20. The Bertz CT molecular complexity index is 326. The first-order valence-electron chi connectivity index (χ1n) is 5.60. The Morgan fingerprint density at radius 3 is 2.07 bits per heavy atom. The van der Waals surface area contributed by atoms with Crippen molar-refractivity contribution in [3.8, 4) is 0 Å². The van der Waals surface area contributed by atoms with Crippen LogP contribution < -0.4 is 0 Å². The third-order valence-corrected chi connectivity index (χ3v) is 6.10. The quantitative estimate of drug-likeness (QED) is 0.710. The monoisotopic (exact) mass is 234 g/mol. The van der Waals surface area contributed by atoms with Gasteiger partial charge in [0.1, 0.15) is 4.75 Å². The van der Waals surface area contributed by atoms with Gasteiger partial charge in [-0.1, -0.05) is 40.5 Å². The lowest BCUT2D eigenvalue weighted by atomic mass is 9.66. The summed E-state index contributed by atoms with van der Waals surface area (Å²) in [5, 5.41) is 0. The van der Waals surface area contributed by atoms with E-state index in [1.807, 2.05) is 27.7 Å². The van der Waals surface area contributed by atoms with E-state index in [4.69, 9.17) is 0 Å². The van der Waals surface area contributed by atoms with Gasteiger partial charge >= 0.3 is 0 Å². The Labute approximate surface area is 93.0 Å². The maximum Gasteiger partial charge on any atom is 0.271 e. The molecule has 0 spiro atoms. The Hall–Kier alpha value is -0.0900. The lowest BCUT2D eigenvalue weighted by Crippen LogP contribution is -2.55. The molecular formula is C11H22O3S. The van der Waals surface area contributed by atoms with Crippen LogP contribution in [0.25, 0.3) is 0 Å². The number of hydrogen-bond acceptors (Lipinski definition) is 2. The average molecular weight is 234 g/mol. The van der Waals surface area contributed by atoms with E-state index >= 15 is 0 Å². The van der Waals surface area contributed by atoms with E-state index < -0.39 is 20.3 Å². The zero-order valence-electron chi connectivity index (χ0n) is 10.1. The van der Waals surface area contributed by atoms with Gasteiger partial charge in [-0.05, 0) is 24.2 Å². The minimum Gasteiger partial charge on any atom is -0.285 e. The van der Waals surface area contributed by atoms with Gasteiger partial charge in [0.25, 0.3) is 10.1 Å². The lowest BCUT2D eigenvalue weighted by Gasteiger charge is -2.48. The van der Waals surface area contributed by atoms with Gasteiger partial charge < -0.3 is 0 Å². The van der Waals surface area contributed by atoms with E-state index in [1.165, 1.54) is 0 Å². The van der Waals surface area contributed by atoms with Crippen LogP contribution in [-0.2, 0) is 10.1 Å². The molecule has 0 heterocycles. The smallest absolute Gasteiger partial charge is 0.271 e. The summed E-state index contributed by atoms with van der Waals surface area (Å²) < 4.78 is 32.1. The van der Waals surface area contributed by atoms with Crippen LogP contribution in [0.3, 0.4) is 0 Å². The fourth-order valence-corrected chi connectivity index (χ4v) is 5.00. The van der Waals surface area contributed by atoms with E-state index in [-0.39, 0.29) is 5.92 Å². The summed E-state index contributed by atoms with van der Waals surface area (Å²) in [5.41, 5.74) is -0.416. The molecule has 1 fully saturated rings. The van der Waals surface area contributed by atoms with Crippen LogP contribution in [0.15, 0.2) is 0 Å². The van der Waals surface area contributed by atoms with Gasteiger partial charge in [-0.2, -0.15) is 8.42 Å². The molecule has 0 radical (unpaired) electrons. The molecule has 0 aromatic heterocycles. The second-order valence-corrected chi connectivity index (χ2v) is 7.44. The zero-order chi connectivity index (χ0) is 11.9. The summed E-state index contributed by atoms with van der Waals surface area (Å²) in [7, 11) is -3.99. The largest absolute Gasteiger partial charge is 0.285 e. The van der Waals surface area contributed by atoms with Crippen molar-refractivity contribution in [2.45, 2.75) is 58.1 Å². The molecule has 0 aromatic rings. The molecule has 1 aliphatic carbocycles. The minimum atomic E-state index is -3.99. The SMILES string of the molecule is CC1CCCCC1(C(C)(C)C)S(=O)(=O)O. The average Bonchev–Trinajstić information content (AvgIpc) is 2.00. The van der Waals surface area contributed by atoms with Crippen LogP contribution in [0.5, 0.6) is 0 Å². The molecule has 1 aliphatic rings. The lowest BCUT2D eigenvalue weighted by molar-refractivity contribution is 0.135. The topological polar surface area (TPSA) is 54.4 Å². The second kappa shape index (κ2) is 3.74. The Balaban J connectivity index is 3.30. The maximum atomic E-state index is 11.7. The Kier molecular flexibility index (Phi) is 3.23. The molecule has 2 unspecified atom stereocenters. The van der Waals surface area contributed by atoms with Crippen molar-refractivity contribution in [1.82, 2.24) is 0 Å². The van der Waals surface area contributed by atoms with Gasteiger partial charge in [-0.3, -0.25) is 4.55 Å². The van der Waals surface area contributed by atoms with Gasteiger partial charge in [-0.25, -0.2) is 0 Å². The molecule has 0 amide bonds. The van der Waals surface area contributed by atoms with Crippen molar-refractivity contribution in [2.24, 2.45) is 11.3 Å². The summed E-state index contributed by atoms with van der Waals surface area (Å²) in [6.45, 7) is 7.66. The highest BCUT2D eigenvalue weighted by molar-refractivity contribution is 7.87. The van der Waals surface area contributed by atoms with Crippen molar-refractivity contribution in [3.05, 3.63) is 0 Å². The van der Waals surface area contributed by atoms with Crippen LogP contribution in [0.2, 0.25) is 0 Å². The molecule has 0 saturated heterocycles. The highest BCUT2D eigenvalue weighted by atomic mass is 32.2. The standard InChI is InChI=1S/C11H22O3S/c1-9-7-5-6-8-11(9,10(2,3)4)15(12,13)14/h9H,5-8H2,1-4H3,(H,12,13,14). The summed E-state index contributed by atoms with van der Waals surface area (Å²) in [6.07, 6.45) is 3.42. The van der Waals surface area contributed by atoms with Gasteiger partial charge in [0.15, 0.2) is 0 Å². The van der Waals surface area contributed by atoms with Crippen molar-refractivity contribution in [2.75, 3.05) is 0 Å². The predicted molar refractivity (Wildman–Crippen MR) is 61.4 cm³/mol. The molecule has 4 heteroatoms. The van der Waals surface area contributed by atoms with E-state index in [2.05, 4.69) is 0 Å². The zero-order valence-corrected chi connectivity index (χ0v) is 10.9. The highest BCUT2D eigenvalue weighted by Gasteiger charge is 2.56. The second-order valence-electron chi connectivity index (χ2n) is 5.76. The van der Waals surface area contributed by atoms with Gasteiger partial charge in [0.05, 0.1) is 0 Å². The molecule has 90 valence electrons. The van der Waals surface area contributed by atoms with Gasteiger partial charge in [0.2, 0.25) is 0 Å². The van der Waals surface area contributed by atoms with Crippen LogP contribution in [0.1, 0.15) is 53.4 Å². The third-order valence-electron chi connectivity index (χ3n) is 3.96. The number of hydrogen-bond donors (Lipinski definition) is 1. The van der Waals surface area contributed by atoms with Gasteiger partial charge in [-0.15, -0.1) is 0 Å². The molecule has 0 aromatic carbocycles. The normalized spacial score (nSPS) is 34.1. The molecule has 1 rings (SSSR count). The van der Waals surface area contributed by atoms with E-state index in [0.29, 0.717) is 6.42 Å². The Morgan fingerprint density at radius 2 is 1.80 bits per heavy atom. The molecule has 1 saturated carbocycles. The van der Waals surface area contributed by atoms with Crippen molar-refractivity contribution in [1.29, 1.82) is 0 Å². The third kappa shape index (κ3) is 1.94. The first-order valence-corrected chi connectivity index (χ1v) is 7.04. The Morgan fingerprint density at radius 1 is 1.27 bits per heavy atom. The first-order chi connectivity index (χ1) is 6.63. The summed E-state index contributed by atoms with van der Waals surface area (Å²) in [4.78, 5) is 0. The first kappa shape index (κ1) is 13.0. The van der Waals surface area contributed by atoms with Crippen LogP contribution in [0, 0.1) is 11.3 Å². The van der Waals surface area contributed by atoms with Crippen molar-refractivity contribution >= 4 is 10.1 Å². The fraction of sp³-hybridized carbons (Fsp3) is 1.00. The summed E-state index contributed by atoms with van der Waals surface area (Å²) >= 11 is 0. The van der Waals surface area contributed by atoms with E-state index in [0.717, 1.165) is 19.3 Å². The maximum absolute atomic E-state index is 11.7. The molecule has 0 aliphatic heterocycles. The van der Waals surface area contributed by atoms with Crippen molar-refractivity contribution in [3.63, 3.8) is 0 Å². The molecule has 15 heavy (non-hydrogen) atoms. The van der Waals surface area contributed by atoms with Crippen LogP contribution in [0.4, 0.5) is 0 Å². The minimum absolute atomic E-state index is 0.0289. The van der Waals surface area contributed by atoms with Crippen LogP contribution in [-0.4, -0.2) is 17.7 Å². The number of rotatable bonds is 1. The molecule has 3 nitrogen and oxygen atoms in total. The predicted octanol–water partition coefficient (Wildman–Crippen LogP) is 2.87. The summed E-state index contributed by atoms with van der Waals surface area (Å²) in [5.74, 6) is 0.0289. The summed E-state index contributed by atoms with van der Waals surface area (Å²) in [6, 6.07) is 0. The van der Waals surface area contributed by atoms with Gasteiger partial charge in [0, 0.05) is 0 Å². The van der Waals surface area contributed by atoms with E-state index in [9.17, 15) is 13.0 Å². The molecule has 2 atom stereocenters. The molecular weight excluding hydrogens is 212 g/mol. The van der Waals surface area contributed by atoms with Crippen LogP contribution >= 0.6 is 0 Å². The van der Waals surface area contributed by atoms with E-state index in [1.54, 1.807) is 0 Å².